The number of thiazole rings is 1. The average molecular weight is 400 g/mol. The van der Waals surface area contributed by atoms with Crippen LogP contribution < -0.4 is 10.1 Å². The maximum Gasteiger partial charge on any atom is 0.229 e. The first kappa shape index (κ1) is 18.9. The number of rotatable bonds is 5. The number of ether oxygens (including phenoxy) is 1. The van der Waals surface area contributed by atoms with Gasteiger partial charge in [-0.15, -0.1) is 11.3 Å². The molecule has 148 valence electrons. The van der Waals surface area contributed by atoms with Crippen LogP contribution in [0.1, 0.15) is 42.5 Å². The molecule has 2 heterocycles. The van der Waals surface area contributed by atoms with Crippen molar-refractivity contribution in [3.05, 3.63) is 40.4 Å². The number of hydrogen-bond acceptors (Lipinski definition) is 5. The molecule has 1 aromatic carbocycles. The quantitative estimate of drug-likeness (QED) is 0.836. The zero-order valence-electron chi connectivity index (χ0n) is 16.1. The highest BCUT2D eigenvalue weighted by Crippen LogP contribution is 2.27. The maximum absolute atomic E-state index is 12.7. The van der Waals surface area contributed by atoms with Gasteiger partial charge in [-0.25, -0.2) is 4.98 Å². The van der Waals surface area contributed by atoms with Crippen LogP contribution in [0, 0.1) is 5.92 Å². The molecule has 2 aliphatic rings. The van der Waals surface area contributed by atoms with Crippen molar-refractivity contribution >= 4 is 28.3 Å². The molecule has 0 bridgehead atoms. The van der Waals surface area contributed by atoms with E-state index in [-0.39, 0.29) is 24.2 Å². The number of carbonyl (C=O) groups is 2. The summed E-state index contributed by atoms with van der Waals surface area (Å²) in [5.74, 6) is 1.10. The van der Waals surface area contributed by atoms with Gasteiger partial charge in [-0.05, 0) is 42.5 Å². The number of fused-ring (bicyclic) bond motifs is 1. The molecule has 1 N–H and O–H groups in total. The fourth-order valence-electron chi connectivity index (χ4n) is 3.98. The SMILES string of the molecule is COc1ccc2c(c1)CCN(C(=O)Cc1csc(NC(=O)C3CCCC3)n1)C2. The van der Waals surface area contributed by atoms with Crippen LogP contribution in [-0.2, 0) is 29.0 Å². The van der Waals surface area contributed by atoms with Crippen molar-refractivity contribution in [2.75, 3.05) is 19.0 Å². The first-order chi connectivity index (χ1) is 13.6. The van der Waals surface area contributed by atoms with Crippen molar-refractivity contribution in [2.45, 2.75) is 45.1 Å². The Kier molecular flexibility index (Phi) is 5.62. The predicted molar refractivity (Wildman–Crippen MR) is 109 cm³/mol. The fraction of sp³-hybridized carbons (Fsp3) is 0.476. The lowest BCUT2D eigenvalue weighted by molar-refractivity contribution is -0.131. The molecule has 1 aliphatic carbocycles. The van der Waals surface area contributed by atoms with Crippen molar-refractivity contribution in [2.24, 2.45) is 5.92 Å². The molecule has 6 nitrogen and oxygen atoms in total. The Balaban J connectivity index is 1.34. The highest BCUT2D eigenvalue weighted by atomic mass is 32.1. The van der Waals surface area contributed by atoms with Gasteiger partial charge in [0.25, 0.3) is 0 Å². The molecular formula is C21H25N3O3S. The number of benzene rings is 1. The summed E-state index contributed by atoms with van der Waals surface area (Å²) in [5.41, 5.74) is 3.13. The third-order valence-corrected chi connectivity index (χ3v) is 6.43. The lowest BCUT2D eigenvalue weighted by Gasteiger charge is -2.29. The minimum Gasteiger partial charge on any atom is -0.497 e. The van der Waals surface area contributed by atoms with Crippen molar-refractivity contribution in [1.29, 1.82) is 0 Å². The summed E-state index contributed by atoms with van der Waals surface area (Å²) in [6.07, 6.45) is 5.28. The third kappa shape index (κ3) is 4.19. The first-order valence-electron chi connectivity index (χ1n) is 9.81. The maximum atomic E-state index is 12.7. The normalized spacial score (nSPS) is 16.7. The number of methoxy groups -OCH3 is 1. The van der Waals surface area contributed by atoms with E-state index >= 15 is 0 Å². The molecule has 4 rings (SSSR count). The smallest absolute Gasteiger partial charge is 0.229 e. The van der Waals surface area contributed by atoms with E-state index in [2.05, 4.69) is 16.4 Å². The highest BCUT2D eigenvalue weighted by molar-refractivity contribution is 7.13. The minimum absolute atomic E-state index is 0.0628. The summed E-state index contributed by atoms with van der Waals surface area (Å²) in [7, 11) is 1.67. The van der Waals surface area contributed by atoms with Crippen molar-refractivity contribution in [3.8, 4) is 5.75 Å². The van der Waals surface area contributed by atoms with E-state index in [9.17, 15) is 9.59 Å². The number of amides is 2. The molecule has 1 saturated carbocycles. The summed E-state index contributed by atoms with van der Waals surface area (Å²) in [6, 6.07) is 6.02. The minimum atomic E-state index is 0.0628. The Hall–Kier alpha value is -2.41. The van der Waals surface area contributed by atoms with E-state index in [1.54, 1.807) is 7.11 Å². The second kappa shape index (κ2) is 8.31. The van der Waals surface area contributed by atoms with Crippen LogP contribution in [0.4, 0.5) is 5.13 Å². The third-order valence-electron chi connectivity index (χ3n) is 5.62. The summed E-state index contributed by atoms with van der Waals surface area (Å²) in [5, 5.41) is 5.37. The number of aromatic nitrogens is 1. The molecule has 0 atom stereocenters. The Morgan fingerprint density at radius 1 is 1.29 bits per heavy atom. The fourth-order valence-corrected chi connectivity index (χ4v) is 4.69. The second-order valence-electron chi connectivity index (χ2n) is 7.49. The summed E-state index contributed by atoms with van der Waals surface area (Å²) in [6.45, 7) is 1.32. The molecule has 1 aromatic heterocycles. The van der Waals surface area contributed by atoms with Gasteiger partial charge >= 0.3 is 0 Å². The topological polar surface area (TPSA) is 71.5 Å². The Bertz CT molecular complexity index is 874. The molecular weight excluding hydrogens is 374 g/mol. The van der Waals surface area contributed by atoms with Crippen LogP contribution in [0.5, 0.6) is 5.75 Å². The molecule has 2 aromatic rings. The van der Waals surface area contributed by atoms with E-state index < -0.39 is 0 Å². The van der Waals surface area contributed by atoms with Gasteiger partial charge in [0.2, 0.25) is 11.8 Å². The number of hydrogen-bond donors (Lipinski definition) is 1. The van der Waals surface area contributed by atoms with E-state index in [1.807, 2.05) is 22.4 Å². The van der Waals surface area contributed by atoms with Gasteiger partial charge in [0.1, 0.15) is 5.75 Å². The summed E-state index contributed by atoms with van der Waals surface area (Å²) < 4.78 is 5.28. The van der Waals surface area contributed by atoms with Gasteiger partial charge in [-0.2, -0.15) is 0 Å². The van der Waals surface area contributed by atoms with Gasteiger partial charge in [0.15, 0.2) is 5.13 Å². The van der Waals surface area contributed by atoms with Gasteiger partial charge in [0.05, 0.1) is 19.2 Å². The highest BCUT2D eigenvalue weighted by Gasteiger charge is 2.24. The van der Waals surface area contributed by atoms with Crippen molar-refractivity contribution < 1.29 is 14.3 Å². The van der Waals surface area contributed by atoms with E-state index in [4.69, 9.17) is 4.74 Å². The molecule has 1 fully saturated rings. The Morgan fingerprint density at radius 2 is 2.11 bits per heavy atom. The molecule has 0 saturated heterocycles. The zero-order chi connectivity index (χ0) is 19.5. The Labute approximate surface area is 168 Å². The molecule has 0 spiro atoms. The van der Waals surface area contributed by atoms with Gasteiger partial charge in [-0.1, -0.05) is 18.9 Å². The Morgan fingerprint density at radius 3 is 2.89 bits per heavy atom. The van der Waals surface area contributed by atoms with Crippen LogP contribution in [-0.4, -0.2) is 35.4 Å². The monoisotopic (exact) mass is 399 g/mol. The number of nitrogens with zero attached hydrogens (tertiary/aromatic N) is 2. The van der Waals surface area contributed by atoms with E-state index in [1.165, 1.54) is 22.5 Å². The average Bonchev–Trinajstić information content (AvgIpc) is 3.39. The van der Waals surface area contributed by atoms with Crippen LogP contribution >= 0.6 is 11.3 Å². The molecule has 28 heavy (non-hydrogen) atoms. The predicted octanol–water partition coefficient (Wildman–Crippen LogP) is 3.41. The molecule has 2 amide bonds. The lowest BCUT2D eigenvalue weighted by atomic mass is 9.99. The van der Waals surface area contributed by atoms with Crippen molar-refractivity contribution in [3.63, 3.8) is 0 Å². The zero-order valence-corrected chi connectivity index (χ0v) is 16.9. The number of carbonyl (C=O) groups excluding carboxylic acids is 2. The number of anilines is 1. The van der Waals surface area contributed by atoms with Gasteiger partial charge < -0.3 is 15.0 Å². The standard InChI is InChI=1S/C21H25N3O3S/c1-27-18-7-6-16-12-24(9-8-15(16)10-18)19(25)11-17-13-28-21(22-17)23-20(26)14-4-2-3-5-14/h6-7,10,13-14H,2-5,8-9,11-12H2,1H3,(H,22,23,26). The second-order valence-corrected chi connectivity index (χ2v) is 8.35. The number of nitrogens with one attached hydrogen (secondary N) is 1. The van der Waals surface area contributed by atoms with Gasteiger partial charge in [0, 0.05) is 24.4 Å². The van der Waals surface area contributed by atoms with E-state index in [0.717, 1.165) is 43.5 Å². The summed E-state index contributed by atoms with van der Waals surface area (Å²) in [4.78, 5) is 31.3. The largest absolute Gasteiger partial charge is 0.497 e. The lowest BCUT2D eigenvalue weighted by Crippen LogP contribution is -2.37. The summed E-state index contributed by atoms with van der Waals surface area (Å²) >= 11 is 1.39. The molecule has 1 aliphatic heterocycles. The van der Waals surface area contributed by atoms with Crippen molar-refractivity contribution in [1.82, 2.24) is 9.88 Å². The van der Waals surface area contributed by atoms with Crippen LogP contribution in [0.3, 0.4) is 0 Å². The van der Waals surface area contributed by atoms with Crippen LogP contribution in [0.2, 0.25) is 0 Å². The molecule has 7 heteroatoms. The van der Waals surface area contributed by atoms with Crippen LogP contribution in [0.15, 0.2) is 23.6 Å². The van der Waals surface area contributed by atoms with Gasteiger partial charge in [-0.3, -0.25) is 9.59 Å². The molecule has 0 radical (unpaired) electrons. The van der Waals surface area contributed by atoms with Crippen LogP contribution in [0.25, 0.3) is 0 Å². The van der Waals surface area contributed by atoms with E-state index in [0.29, 0.717) is 18.2 Å². The first-order valence-corrected chi connectivity index (χ1v) is 10.7. The molecule has 0 unspecified atom stereocenters.